The molecule has 0 aromatic carbocycles. The first-order valence-corrected chi connectivity index (χ1v) is 9.07. The second-order valence-electron chi connectivity index (χ2n) is 6.13. The largest absolute Gasteiger partial charge is 0.313 e. The van der Waals surface area contributed by atoms with Crippen LogP contribution in [0.4, 0.5) is 0 Å². The Hall–Kier alpha value is 0.110. The predicted molar refractivity (Wildman–Crippen MR) is 81.3 cm³/mol. The van der Waals surface area contributed by atoms with E-state index in [1.807, 2.05) is 0 Å². The highest BCUT2D eigenvalue weighted by Gasteiger charge is 2.33. The van der Waals surface area contributed by atoms with Crippen molar-refractivity contribution in [3.05, 3.63) is 0 Å². The molecule has 2 nitrogen and oxygen atoms in total. The van der Waals surface area contributed by atoms with Gasteiger partial charge in [-0.25, -0.2) is 0 Å². The van der Waals surface area contributed by atoms with E-state index < -0.39 is 10.8 Å². The van der Waals surface area contributed by atoms with Crippen molar-refractivity contribution in [3.8, 4) is 0 Å². The zero-order valence-corrected chi connectivity index (χ0v) is 13.4. The molecule has 3 heteroatoms. The maximum absolute atomic E-state index is 12.5. The second kappa shape index (κ2) is 8.31. The van der Waals surface area contributed by atoms with Gasteiger partial charge in [-0.2, -0.15) is 0 Å². The molecule has 0 aliphatic heterocycles. The van der Waals surface area contributed by atoms with Gasteiger partial charge in [-0.15, -0.1) is 0 Å². The fourth-order valence-corrected chi connectivity index (χ4v) is 4.88. The van der Waals surface area contributed by atoms with Crippen LogP contribution in [0.2, 0.25) is 0 Å². The van der Waals surface area contributed by atoms with Crippen LogP contribution in [0.1, 0.15) is 59.8 Å². The van der Waals surface area contributed by atoms with Crippen molar-refractivity contribution in [2.45, 2.75) is 71.1 Å². The van der Waals surface area contributed by atoms with Gasteiger partial charge in [-0.3, -0.25) is 4.21 Å². The minimum absolute atomic E-state index is 0.387. The van der Waals surface area contributed by atoms with Gasteiger partial charge in [0.25, 0.3) is 0 Å². The fourth-order valence-electron chi connectivity index (χ4n) is 2.89. The molecule has 1 fully saturated rings. The SMILES string of the molecule is CCCNC1CCC(CC)CC1S(=O)CC(C)C. The first kappa shape index (κ1) is 16.2. The zero-order valence-electron chi connectivity index (χ0n) is 12.6. The van der Waals surface area contributed by atoms with Gasteiger partial charge in [-0.05, 0) is 44.1 Å². The quantitative estimate of drug-likeness (QED) is 0.771. The lowest BCUT2D eigenvalue weighted by Gasteiger charge is -2.36. The molecule has 1 aliphatic carbocycles. The summed E-state index contributed by atoms with van der Waals surface area (Å²) in [6.45, 7) is 9.88. The van der Waals surface area contributed by atoms with Crippen LogP contribution in [0.3, 0.4) is 0 Å². The van der Waals surface area contributed by atoms with Crippen LogP contribution in [-0.2, 0) is 10.8 Å². The van der Waals surface area contributed by atoms with Gasteiger partial charge in [0.05, 0.1) is 5.25 Å². The summed E-state index contributed by atoms with van der Waals surface area (Å²) in [6, 6.07) is 0.493. The number of hydrogen-bond acceptors (Lipinski definition) is 2. The maximum atomic E-state index is 12.5. The minimum atomic E-state index is -0.655. The van der Waals surface area contributed by atoms with E-state index in [-0.39, 0.29) is 0 Å². The standard InChI is InChI=1S/C15H31NOS/c1-5-9-16-14-8-7-13(6-2)10-15(14)18(17)11-12(3)4/h12-16H,5-11H2,1-4H3. The second-order valence-corrected chi connectivity index (χ2v) is 7.83. The van der Waals surface area contributed by atoms with Crippen LogP contribution in [0.25, 0.3) is 0 Å². The Morgan fingerprint density at radius 2 is 2.00 bits per heavy atom. The Labute approximate surface area is 116 Å². The van der Waals surface area contributed by atoms with Crippen molar-refractivity contribution in [2.75, 3.05) is 12.3 Å². The molecule has 1 saturated carbocycles. The van der Waals surface area contributed by atoms with Crippen LogP contribution in [-0.4, -0.2) is 27.8 Å². The Morgan fingerprint density at radius 1 is 1.28 bits per heavy atom. The molecule has 0 radical (unpaired) electrons. The van der Waals surface area contributed by atoms with E-state index in [1.54, 1.807) is 0 Å². The topological polar surface area (TPSA) is 29.1 Å². The summed E-state index contributed by atoms with van der Waals surface area (Å²) in [5.41, 5.74) is 0. The van der Waals surface area contributed by atoms with Crippen LogP contribution >= 0.6 is 0 Å². The third kappa shape index (κ3) is 5.00. The molecule has 1 N–H and O–H groups in total. The minimum Gasteiger partial charge on any atom is -0.313 e. The Morgan fingerprint density at radius 3 is 2.56 bits per heavy atom. The molecule has 4 unspecified atom stereocenters. The molecule has 108 valence electrons. The molecule has 0 saturated heterocycles. The highest BCUT2D eigenvalue weighted by atomic mass is 32.2. The maximum Gasteiger partial charge on any atom is 0.0503 e. The lowest BCUT2D eigenvalue weighted by atomic mass is 9.84. The van der Waals surface area contributed by atoms with Gasteiger partial charge in [0.1, 0.15) is 0 Å². The van der Waals surface area contributed by atoms with Crippen molar-refractivity contribution in [1.82, 2.24) is 5.32 Å². The first-order valence-electron chi connectivity index (χ1n) is 7.69. The summed E-state index contributed by atoms with van der Waals surface area (Å²) in [6.07, 6.45) is 6.10. The molecular formula is C15H31NOS. The van der Waals surface area contributed by atoms with Crippen molar-refractivity contribution >= 4 is 10.8 Å². The molecular weight excluding hydrogens is 242 g/mol. The van der Waals surface area contributed by atoms with Crippen molar-refractivity contribution in [1.29, 1.82) is 0 Å². The van der Waals surface area contributed by atoms with Crippen LogP contribution in [0.15, 0.2) is 0 Å². The van der Waals surface area contributed by atoms with Crippen LogP contribution in [0.5, 0.6) is 0 Å². The summed E-state index contributed by atoms with van der Waals surface area (Å²) < 4.78 is 12.5. The monoisotopic (exact) mass is 273 g/mol. The van der Waals surface area contributed by atoms with E-state index in [4.69, 9.17) is 0 Å². The van der Waals surface area contributed by atoms with Crippen molar-refractivity contribution in [3.63, 3.8) is 0 Å². The predicted octanol–water partition coefficient (Wildman–Crippen LogP) is 3.34. The molecule has 0 heterocycles. The van der Waals surface area contributed by atoms with Crippen LogP contribution in [0, 0.1) is 11.8 Å². The smallest absolute Gasteiger partial charge is 0.0503 e. The van der Waals surface area contributed by atoms with Crippen molar-refractivity contribution < 1.29 is 4.21 Å². The van der Waals surface area contributed by atoms with Crippen molar-refractivity contribution in [2.24, 2.45) is 11.8 Å². The van der Waals surface area contributed by atoms with Gasteiger partial charge in [0.2, 0.25) is 0 Å². The number of rotatable bonds is 7. The van der Waals surface area contributed by atoms with E-state index in [1.165, 1.54) is 19.3 Å². The zero-order chi connectivity index (χ0) is 13.5. The summed E-state index contributed by atoms with van der Waals surface area (Å²) in [7, 11) is -0.655. The highest BCUT2D eigenvalue weighted by Crippen LogP contribution is 2.30. The highest BCUT2D eigenvalue weighted by molar-refractivity contribution is 7.85. The van der Waals surface area contributed by atoms with Gasteiger partial charge < -0.3 is 5.32 Å². The van der Waals surface area contributed by atoms with Crippen LogP contribution < -0.4 is 5.32 Å². The molecule has 0 aromatic heterocycles. The van der Waals surface area contributed by atoms with Gasteiger partial charge >= 0.3 is 0 Å². The Bertz CT molecular complexity index is 255. The van der Waals surface area contributed by atoms with E-state index in [9.17, 15) is 4.21 Å². The Kier molecular flexibility index (Phi) is 7.47. The summed E-state index contributed by atoms with van der Waals surface area (Å²) in [4.78, 5) is 0. The molecule has 4 atom stereocenters. The molecule has 1 rings (SSSR count). The fraction of sp³-hybridized carbons (Fsp3) is 1.00. The first-order chi connectivity index (χ1) is 8.58. The van der Waals surface area contributed by atoms with Gasteiger partial charge in [0, 0.05) is 22.6 Å². The average Bonchev–Trinajstić information content (AvgIpc) is 2.35. The average molecular weight is 273 g/mol. The third-order valence-corrected chi connectivity index (χ3v) is 6.16. The van der Waals surface area contributed by atoms with E-state index in [0.29, 0.717) is 17.2 Å². The summed E-state index contributed by atoms with van der Waals surface area (Å²) in [5.74, 6) is 2.20. The summed E-state index contributed by atoms with van der Waals surface area (Å²) in [5, 5.41) is 4.01. The summed E-state index contributed by atoms with van der Waals surface area (Å²) >= 11 is 0. The normalized spacial score (nSPS) is 30.6. The molecule has 0 aromatic rings. The molecule has 0 spiro atoms. The third-order valence-electron chi connectivity index (χ3n) is 3.97. The van der Waals surface area contributed by atoms with E-state index in [2.05, 4.69) is 33.0 Å². The number of hydrogen-bond donors (Lipinski definition) is 1. The van der Waals surface area contributed by atoms with E-state index >= 15 is 0 Å². The molecule has 0 bridgehead atoms. The molecule has 0 amide bonds. The van der Waals surface area contributed by atoms with E-state index in [0.717, 1.165) is 31.1 Å². The number of nitrogens with one attached hydrogen (secondary N) is 1. The Balaban J connectivity index is 2.61. The van der Waals surface area contributed by atoms with Gasteiger partial charge in [-0.1, -0.05) is 34.1 Å². The molecule has 18 heavy (non-hydrogen) atoms. The lowest BCUT2D eigenvalue weighted by molar-refractivity contribution is 0.291. The molecule has 1 aliphatic rings. The lowest BCUT2D eigenvalue weighted by Crippen LogP contribution is -2.47. The van der Waals surface area contributed by atoms with Gasteiger partial charge in [0.15, 0.2) is 0 Å².